The van der Waals surface area contributed by atoms with E-state index < -0.39 is 17.7 Å². The van der Waals surface area contributed by atoms with E-state index in [1.165, 1.54) is 24.1 Å². The number of amides is 1. The number of halogens is 1. The van der Waals surface area contributed by atoms with E-state index in [0.717, 1.165) is 24.3 Å². The topological polar surface area (TPSA) is 70.1 Å². The lowest BCUT2D eigenvalue weighted by molar-refractivity contribution is -0.140. The molecule has 0 bridgehead atoms. The van der Waals surface area contributed by atoms with E-state index in [2.05, 4.69) is 39.5 Å². The van der Waals surface area contributed by atoms with Crippen LogP contribution in [0.1, 0.15) is 62.9 Å². The number of benzene rings is 3. The lowest BCUT2D eigenvalue weighted by Crippen LogP contribution is -2.29. The van der Waals surface area contributed by atoms with Gasteiger partial charge in [-0.3, -0.25) is 9.59 Å². The second-order valence-electron chi connectivity index (χ2n) is 11.0. The van der Waals surface area contributed by atoms with Gasteiger partial charge in [-0.25, -0.2) is 4.39 Å². The molecule has 1 amide bonds. The Balaban J connectivity index is 1.90. The maximum Gasteiger partial charge on any atom is 0.295 e. The summed E-state index contributed by atoms with van der Waals surface area (Å²) in [5.41, 5.74) is 3.42. The Morgan fingerprint density at radius 3 is 2.15 bits per heavy atom. The summed E-state index contributed by atoms with van der Waals surface area (Å²) < 4.78 is 19.1. The van der Waals surface area contributed by atoms with Gasteiger partial charge in [0.1, 0.15) is 17.3 Å². The molecule has 7 heteroatoms. The number of rotatable bonds is 8. The summed E-state index contributed by atoms with van der Waals surface area (Å²) >= 11 is 0. The van der Waals surface area contributed by atoms with Crippen LogP contribution in [0.3, 0.4) is 0 Å². The van der Waals surface area contributed by atoms with Gasteiger partial charge in [-0.05, 0) is 72.4 Å². The molecule has 1 fully saturated rings. The van der Waals surface area contributed by atoms with E-state index in [-0.39, 0.29) is 29.1 Å². The number of hydrogen-bond acceptors (Lipinski definition) is 5. The summed E-state index contributed by atoms with van der Waals surface area (Å²) in [6.45, 7) is 12.1. The molecule has 1 heterocycles. The van der Waals surface area contributed by atoms with E-state index in [4.69, 9.17) is 4.74 Å². The summed E-state index contributed by atoms with van der Waals surface area (Å²) in [5.74, 6) is -1.79. The van der Waals surface area contributed by atoms with Crippen LogP contribution in [0.2, 0.25) is 0 Å². The molecule has 40 heavy (non-hydrogen) atoms. The van der Waals surface area contributed by atoms with Crippen molar-refractivity contribution in [1.82, 2.24) is 4.90 Å². The Morgan fingerprint density at radius 1 is 0.975 bits per heavy atom. The fraction of sp³-hybridized carbons (Fsp3) is 0.333. The molecule has 0 saturated carbocycles. The van der Waals surface area contributed by atoms with Crippen molar-refractivity contribution in [2.75, 3.05) is 25.1 Å². The molecule has 1 aliphatic heterocycles. The Labute approximate surface area is 235 Å². The first kappa shape index (κ1) is 28.9. The van der Waals surface area contributed by atoms with Crippen molar-refractivity contribution in [3.8, 4) is 5.75 Å². The summed E-state index contributed by atoms with van der Waals surface area (Å²) in [6, 6.07) is 18.2. The smallest absolute Gasteiger partial charge is 0.295 e. The van der Waals surface area contributed by atoms with Crippen LogP contribution in [0.15, 0.2) is 72.3 Å². The molecule has 6 nitrogen and oxygen atoms in total. The number of aliphatic hydroxyl groups excluding tert-OH is 1. The van der Waals surface area contributed by atoms with Crippen LogP contribution >= 0.6 is 0 Å². The molecule has 1 saturated heterocycles. The molecular weight excluding hydrogens is 507 g/mol. The summed E-state index contributed by atoms with van der Waals surface area (Å²) in [4.78, 5) is 30.7. The van der Waals surface area contributed by atoms with Gasteiger partial charge in [0.05, 0.1) is 24.3 Å². The first-order valence-corrected chi connectivity index (χ1v) is 13.6. The first-order valence-electron chi connectivity index (χ1n) is 13.6. The minimum absolute atomic E-state index is 0.00735. The minimum Gasteiger partial charge on any atom is -0.507 e. The third-order valence-electron chi connectivity index (χ3n) is 7.46. The van der Waals surface area contributed by atoms with Gasteiger partial charge in [-0.1, -0.05) is 51.1 Å². The molecule has 1 atom stereocenters. The van der Waals surface area contributed by atoms with Crippen LogP contribution in [0.4, 0.5) is 10.1 Å². The van der Waals surface area contributed by atoms with E-state index in [1.807, 2.05) is 36.4 Å². The van der Waals surface area contributed by atoms with E-state index in [9.17, 15) is 19.1 Å². The maximum absolute atomic E-state index is 13.6. The quantitative estimate of drug-likeness (QED) is 0.197. The van der Waals surface area contributed by atoms with Crippen molar-refractivity contribution < 1.29 is 23.8 Å². The van der Waals surface area contributed by atoms with Gasteiger partial charge >= 0.3 is 0 Å². The number of methoxy groups -OCH3 is 1. The number of carbonyl (C=O) groups is 2. The number of nitrogens with zero attached hydrogens (tertiary/aromatic N) is 2. The highest BCUT2D eigenvalue weighted by atomic mass is 19.1. The van der Waals surface area contributed by atoms with Gasteiger partial charge in [0.2, 0.25) is 0 Å². The zero-order chi connectivity index (χ0) is 29.2. The average Bonchev–Trinajstić information content (AvgIpc) is 3.19. The second kappa shape index (κ2) is 11.5. The van der Waals surface area contributed by atoms with Gasteiger partial charge < -0.3 is 19.6 Å². The van der Waals surface area contributed by atoms with Crippen LogP contribution in [-0.2, 0) is 21.5 Å². The molecule has 1 aliphatic rings. The van der Waals surface area contributed by atoms with Crippen LogP contribution in [-0.4, -0.2) is 41.9 Å². The Hall–Kier alpha value is -4.13. The van der Waals surface area contributed by atoms with Crippen molar-refractivity contribution in [3.63, 3.8) is 0 Å². The van der Waals surface area contributed by atoms with Crippen molar-refractivity contribution in [3.05, 3.63) is 100 Å². The SMILES string of the molecule is CCN(CC)c1ccc(C2/C(=C(\O)c3cc(C(C)(C)C)ccc3OC)C(=O)C(=O)N2Cc2ccc(F)cc2)cc1. The second-order valence-corrected chi connectivity index (χ2v) is 11.0. The number of carbonyl (C=O) groups excluding carboxylic acids is 2. The molecular formula is C33H37FN2O4. The molecule has 3 aromatic carbocycles. The van der Waals surface area contributed by atoms with Crippen LogP contribution in [0, 0.1) is 5.82 Å². The first-order chi connectivity index (χ1) is 19.0. The number of anilines is 1. The maximum atomic E-state index is 13.6. The van der Waals surface area contributed by atoms with Crippen molar-refractivity contribution in [1.29, 1.82) is 0 Å². The molecule has 1 unspecified atom stereocenters. The normalized spacial score (nSPS) is 16.9. The fourth-order valence-corrected chi connectivity index (χ4v) is 5.14. The van der Waals surface area contributed by atoms with Gasteiger partial charge in [0.25, 0.3) is 11.7 Å². The minimum atomic E-state index is -0.848. The Bertz CT molecular complexity index is 1420. The predicted octanol–water partition coefficient (Wildman–Crippen LogP) is 6.60. The molecule has 1 N–H and O–H groups in total. The molecule has 0 aliphatic carbocycles. The molecule has 0 spiro atoms. The molecule has 4 rings (SSSR count). The van der Waals surface area contributed by atoms with Crippen LogP contribution in [0.5, 0.6) is 5.75 Å². The van der Waals surface area contributed by atoms with Gasteiger partial charge in [0, 0.05) is 25.3 Å². The highest BCUT2D eigenvalue weighted by molar-refractivity contribution is 6.46. The zero-order valence-electron chi connectivity index (χ0n) is 24.0. The third kappa shape index (κ3) is 5.60. The summed E-state index contributed by atoms with van der Waals surface area (Å²) in [5, 5.41) is 11.7. The average molecular weight is 545 g/mol. The van der Waals surface area contributed by atoms with E-state index >= 15 is 0 Å². The Morgan fingerprint density at radius 2 is 1.60 bits per heavy atom. The lowest BCUT2D eigenvalue weighted by Gasteiger charge is -2.27. The zero-order valence-corrected chi connectivity index (χ0v) is 24.0. The van der Waals surface area contributed by atoms with Crippen LogP contribution in [0.25, 0.3) is 5.76 Å². The monoisotopic (exact) mass is 544 g/mol. The highest BCUT2D eigenvalue weighted by Gasteiger charge is 2.46. The highest BCUT2D eigenvalue weighted by Crippen LogP contribution is 2.43. The molecule has 210 valence electrons. The predicted molar refractivity (Wildman–Crippen MR) is 156 cm³/mol. The van der Waals surface area contributed by atoms with Gasteiger partial charge in [-0.15, -0.1) is 0 Å². The van der Waals surface area contributed by atoms with Crippen LogP contribution < -0.4 is 9.64 Å². The number of ketones is 1. The van der Waals surface area contributed by atoms with Gasteiger partial charge in [-0.2, -0.15) is 0 Å². The molecule has 0 aromatic heterocycles. The third-order valence-corrected chi connectivity index (χ3v) is 7.46. The summed E-state index contributed by atoms with van der Waals surface area (Å²) in [7, 11) is 1.50. The molecule has 3 aromatic rings. The largest absolute Gasteiger partial charge is 0.507 e. The molecule has 0 radical (unpaired) electrons. The van der Waals surface area contributed by atoms with Crippen molar-refractivity contribution in [2.45, 2.75) is 52.6 Å². The number of Topliss-reactive ketones (excluding diaryl/α,β-unsaturated/α-hetero) is 1. The van der Waals surface area contributed by atoms with Gasteiger partial charge in [0.15, 0.2) is 0 Å². The number of aliphatic hydroxyl groups is 1. The van der Waals surface area contributed by atoms with Crippen molar-refractivity contribution >= 4 is 23.1 Å². The number of ether oxygens (including phenoxy) is 1. The summed E-state index contributed by atoms with van der Waals surface area (Å²) in [6.07, 6.45) is 0. The standard InChI is InChI=1S/C33H37FN2O4/c1-7-35(8-2)25-16-11-22(12-17-25)29-28(30(37)26-19-23(33(3,4)5)13-18-27(26)40-6)31(38)32(39)36(29)20-21-9-14-24(34)15-10-21/h9-19,29,37H,7-8,20H2,1-6H3/b30-28+. The van der Waals surface area contributed by atoms with E-state index in [1.54, 1.807) is 18.2 Å². The lowest BCUT2D eigenvalue weighted by atomic mass is 9.85. The number of likely N-dealkylation sites (tertiary alicyclic amines) is 1. The Kier molecular flexibility index (Phi) is 8.33. The fourth-order valence-electron chi connectivity index (χ4n) is 5.14. The van der Waals surface area contributed by atoms with E-state index in [0.29, 0.717) is 22.4 Å². The number of hydrogen-bond donors (Lipinski definition) is 1. The van der Waals surface area contributed by atoms with Crippen molar-refractivity contribution in [2.24, 2.45) is 0 Å².